The minimum absolute atomic E-state index is 0.572. The van der Waals surface area contributed by atoms with E-state index in [4.69, 9.17) is 21.1 Å². The van der Waals surface area contributed by atoms with Crippen LogP contribution in [0.4, 0.5) is 0 Å². The average molecular weight is 297 g/mol. The lowest BCUT2D eigenvalue weighted by Crippen LogP contribution is -2.36. The number of benzene rings is 1. The van der Waals surface area contributed by atoms with Gasteiger partial charge in [-0.15, -0.1) is 0 Å². The summed E-state index contributed by atoms with van der Waals surface area (Å²) in [5.41, 5.74) is 1.20. The Kier molecular flexibility index (Phi) is 4.34. The Morgan fingerprint density at radius 2 is 2.20 bits per heavy atom. The van der Waals surface area contributed by atoms with Crippen molar-refractivity contribution in [1.29, 1.82) is 0 Å². The molecule has 20 heavy (non-hydrogen) atoms. The molecule has 0 amide bonds. The van der Waals surface area contributed by atoms with E-state index in [9.17, 15) is 0 Å². The normalized spacial score (nSPS) is 22.2. The van der Waals surface area contributed by atoms with Crippen LogP contribution < -0.4 is 14.8 Å². The van der Waals surface area contributed by atoms with Crippen LogP contribution in [0.1, 0.15) is 18.4 Å². The number of halogens is 1. The second-order valence-electron chi connectivity index (χ2n) is 5.43. The molecule has 0 spiro atoms. The molecule has 2 heterocycles. The lowest BCUT2D eigenvalue weighted by atomic mass is 10.1. The Balaban J connectivity index is 1.75. The number of fused-ring (bicyclic) bond motifs is 1. The molecule has 5 heteroatoms. The molecule has 3 rings (SSSR count). The molecule has 2 aliphatic heterocycles. The zero-order chi connectivity index (χ0) is 13.9. The molecule has 1 unspecified atom stereocenters. The standard InChI is InChI=1S/C15H21ClN2O2/c1-17-9-12-3-2-4-18(12)10-11-7-13(16)15-14(8-11)19-5-6-20-15/h7-8,12,17H,2-6,9-10H2,1H3. The van der Waals surface area contributed by atoms with Crippen LogP contribution in [-0.4, -0.2) is 44.3 Å². The van der Waals surface area contributed by atoms with Gasteiger partial charge in [0.05, 0.1) is 5.02 Å². The quantitative estimate of drug-likeness (QED) is 0.924. The van der Waals surface area contributed by atoms with Crippen molar-refractivity contribution in [2.24, 2.45) is 0 Å². The summed E-state index contributed by atoms with van der Waals surface area (Å²) in [5.74, 6) is 1.47. The van der Waals surface area contributed by atoms with Gasteiger partial charge in [-0.25, -0.2) is 0 Å². The van der Waals surface area contributed by atoms with Crippen molar-refractivity contribution in [2.75, 3.05) is 33.4 Å². The Hall–Kier alpha value is -0.970. The molecular formula is C15H21ClN2O2. The molecule has 0 aromatic heterocycles. The van der Waals surface area contributed by atoms with E-state index in [0.717, 1.165) is 25.4 Å². The van der Waals surface area contributed by atoms with Crippen LogP contribution in [0.5, 0.6) is 11.5 Å². The zero-order valence-electron chi connectivity index (χ0n) is 11.8. The third-order valence-corrected chi connectivity index (χ3v) is 4.26. The predicted molar refractivity (Wildman–Crippen MR) is 79.8 cm³/mol. The first-order valence-corrected chi connectivity index (χ1v) is 7.62. The Morgan fingerprint density at radius 1 is 1.35 bits per heavy atom. The molecule has 1 atom stereocenters. The van der Waals surface area contributed by atoms with E-state index in [1.165, 1.54) is 18.4 Å². The fourth-order valence-electron chi connectivity index (χ4n) is 3.06. The molecule has 2 aliphatic rings. The molecule has 0 saturated carbocycles. The number of likely N-dealkylation sites (tertiary alicyclic amines) is 1. The van der Waals surface area contributed by atoms with E-state index < -0.39 is 0 Å². The zero-order valence-corrected chi connectivity index (χ0v) is 12.6. The van der Waals surface area contributed by atoms with E-state index in [0.29, 0.717) is 30.0 Å². The fourth-order valence-corrected chi connectivity index (χ4v) is 3.35. The molecule has 1 saturated heterocycles. The van der Waals surface area contributed by atoms with Crippen LogP contribution in [0.3, 0.4) is 0 Å². The molecule has 110 valence electrons. The van der Waals surface area contributed by atoms with Crippen LogP contribution in [0, 0.1) is 0 Å². The maximum atomic E-state index is 6.29. The van der Waals surface area contributed by atoms with E-state index in [2.05, 4.69) is 16.3 Å². The van der Waals surface area contributed by atoms with Gasteiger partial charge in [0.1, 0.15) is 13.2 Å². The number of nitrogens with zero attached hydrogens (tertiary/aromatic N) is 1. The van der Waals surface area contributed by atoms with E-state index in [-0.39, 0.29) is 0 Å². The fraction of sp³-hybridized carbons (Fsp3) is 0.600. The lowest BCUT2D eigenvalue weighted by Gasteiger charge is -2.26. The van der Waals surface area contributed by atoms with Crippen molar-refractivity contribution in [3.8, 4) is 11.5 Å². The summed E-state index contributed by atoms with van der Waals surface area (Å²) in [6, 6.07) is 4.69. The molecule has 0 aliphatic carbocycles. The van der Waals surface area contributed by atoms with Gasteiger partial charge in [-0.3, -0.25) is 4.90 Å². The number of hydrogen-bond acceptors (Lipinski definition) is 4. The Labute approximate surface area is 125 Å². The van der Waals surface area contributed by atoms with E-state index in [1.54, 1.807) is 0 Å². The summed E-state index contributed by atoms with van der Waals surface area (Å²) in [7, 11) is 2.01. The molecule has 0 radical (unpaired) electrons. The number of nitrogens with one attached hydrogen (secondary N) is 1. The number of rotatable bonds is 4. The molecule has 1 fully saturated rings. The summed E-state index contributed by atoms with van der Waals surface area (Å²) >= 11 is 6.29. The maximum absolute atomic E-state index is 6.29. The predicted octanol–water partition coefficient (Wildman–Crippen LogP) is 2.29. The molecule has 1 N–H and O–H groups in total. The van der Waals surface area contributed by atoms with Crippen molar-refractivity contribution in [1.82, 2.24) is 10.2 Å². The smallest absolute Gasteiger partial charge is 0.179 e. The SMILES string of the molecule is CNCC1CCCN1Cc1cc(Cl)c2c(c1)OCCO2. The van der Waals surface area contributed by atoms with Gasteiger partial charge in [-0.05, 0) is 44.1 Å². The minimum Gasteiger partial charge on any atom is -0.486 e. The maximum Gasteiger partial charge on any atom is 0.179 e. The van der Waals surface area contributed by atoms with Crippen LogP contribution >= 0.6 is 11.6 Å². The molecule has 0 bridgehead atoms. The summed E-state index contributed by atoms with van der Waals surface area (Å²) < 4.78 is 11.2. The van der Waals surface area contributed by atoms with Crippen LogP contribution in [-0.2, 0) is 6.54 Å². The first-order chi connectivity index (χ1) is 9.78. The van der Waals surface area contributed by atoms with Crippen LogP contribution in [0.2, 0.25) is 5.02 Å². The van der Waals surface area contributed by atoms with Gasteiger partial charge < -0.3 is 14.8 Å². The van der Waals surface area contributed by atoms with Crippen molar-refractivity contribution in [2.45, 2.75) is 25.4 Å². The molecule has 4 nitrogen and oxygen atoms in total. The topological polar surface area (TPSA) is 33.7 Å². The summed E-state index contributed by atoms with van der Waals surface area (Å²) in [5, 5.41) is 3.93. The molecule has 1 aromatic rings. The third-order valence-electron chi connectivity index (χ3n) is 3.98. The highest BCUT2D eigenvalue weighted by molar-refractivity contribution is 6.32. The molecular weight excluding hydrogens is 276 g/mol. The number of likely N-dealkylation sites (N-methyl/N-ethyl adjacent to an activating group) is 1. The first kappa shape index (κ1) is 14.0. The van der Waals surface area contributed by atoms with Gasteiger partial charge in [0.15, 0.2) is 11.5 Å². The number of hydrogen-bond donors (Lipinski definition) is 1. The van der Waals surface area contributed by atoms with Gasteiger partial charge in [0, 0.05) is 19.1 Å². The highest BCUT2D eigenvalue weighted by Gasteiger charge is 2.25. The van der Waals surface area contributed by atoms with Gasteiger partial charge >= 0.3 is 0 Å². The van der Waals surface area contributed by atoms with Crippen molar-refractivity contribution >= 4 is 11.6 Å². The Bertz CT molecular complexity index is 481. The van der Waals surface area contributed by atoms with Gasteiger partial charge in [-0.1, -0.05) is 11.6 Å². The second kappa shape index (κ2) is 6.20. The second-order valence-corrected chi connectivity index (χ2v) is 5.83. The van der Waals surface area contributed by atoms with Gasteiger partial charge in [0.25, 0.3) is 0 Å². The third kappa shape index (κ3) is 2.87. The van der Waals surface area contributed by atoms with Crippen molar-refractivity contribution in [3.05, 3.63) is 22.7 Å². The van der Waals surface area contributed by atoms with E-state index in [1.807, 2.05) is 13.1 Å². The largest absolute Gasteiger partial charge is 0.486 e. The van der Waals surface area contributed by atoms with Gasteiger partial charge in [0.2, 0.25) is 0 Å². The van der Waals surface area contributed by atoms with Crippen molar-refractivity contribution in [3.63, 3.8) is 0 Å². The number of ether oxygens (including phenoxy) is 2. The molecule has 1 aromatic carbocycles. The van der Waals surface area contributed by atoms with Crippen molar-refractivity contribution < 1.29 is 9.47 Å². The van der Waals surface area contributed by atoms with Gasteiger partial charge in [-0.2, -0.15) is 0 Å². The van der Waals surface area contributed by atoms with Crippen LogP contribution in [0.15, 0.2) is 12.1 Å². The first-order valence-electron chi connectivity index (χ1n) is 7.24. The highest BCUT2D eigenvalue weighted by Crippen LogP contribution is 2.38. The summed E-state index contributed by atoms with van der Waals surface area (Å²) in [6.45, 7) is 4.28. The Morgan fingerprint density at radius 3 is 3.05 bits per heavy atom. The lowest BCUT2D eigenvalue weighted by molar-refractivity contribution is 0.171. The summed E-state index contributed by atoms with van der Waals surface area (Å²) in [6.07, 6.45) is 2.53. The van der Waals surface area contributed by atoms with E-state index >= 15 is 0 Å². The average Bonchev–Trinajstić information content (AvgIpc) is 2.87. The minimum atomic E-state index is 0.572. The highest BCUT2D eigenvalue weighted by atomic mass is 35.5. The monoisotopic (exact) mass is 296 g/mol. The summed E-state index contributed by atoms with van der Waals surface area (Å²) in [4.78, 5) is 2.51. The van der Waals surface area contributed by atoms with Crippen LogP contribution in [0.25, 0.3) is 0 Å².